The SMILES string of the molecule is O=C(NCc1ccc(F)c(Cl)c1)c1cnccc1Cl. The number of nitrogens with one attached hydrogen (secondary N) is 1. The van der Waals surface area contributed by atoms with Crippen LogP contribution in [0.25, 0.3) is 0 Å². The van der Waals surface area contributed by atoms with Gasteiger partial charge in [0, 0.05) is 18.9 Å². The molecule has 0 saturated carbocycles. The summed E-state index contributed by atoms with van der Waals surface area (Å²) in [6.07, 6.45) is 2.88. The summed E-state index contributed by atoms with van der Waals surface area (Å²) >= 11 is 11.5. The molecule has 0 spiro atoms. The number of pyridine rings is 1. The minimum Gasteiger partial charge on any atom is -0.348 e. The molecule has 0 radical (unpaired) electrons. The van der Waals surface area contributed by atoms with Crippen molar-refractivity contribution in [3.63, 3.8) is 0 Å². The molecule has 98 valence electrons. The third-order valence-corrected chi connectivity index (χ3v) is 3.07. The fourth-order valence-electron chi connectivity index (χ4n) is 1.47. The van der Waals surface area contributed by atoms with Crippen molar-refractivity contribution in [3.8, 4) is 0 Å². The van der Waals surface area contributed by atoms with Crippen molar-refractivity contribution in [1.29, 1.82) is 0 Å². The quantitative estimate of drug-likeness (QED) is 0.943. The summed E-state index contributed by atoms with van der Waals surface area (Å²) in [6, 6.07) is 5.79. The Morgan fingerprint density at radius 2 is 2.05 bits per heavy atom. The predicted molar refractivity (Wildman–Crippen MR) is 71.8 cm³/mol. The van der Waals surface area contributed by atoms with Crippen molar-refractivity contribution < 1.29 is 9.18 Å². The van der Waals surface area contributed by atoms with Gasteiger partial charge in [0.1, 0.15) is 5.82 Å². The van der Waals surface area contributed by atoms with E-state index in [4.69, 9.17) is 23.2 Å². The number of rotatable bonds is 3. The number of carbonyl (C=O) groups excluding carboxylic acids is 1. The molecule has 3 nitrogen and oxygen atoms in total. The van der Waals surface area contributed by atoms with Gasteiger partial charge in [-0.05, 0) is 23.8 Å². The van der Waals surface area contributed by atoms with E-state index >= 15 is 0 Å². The lowest BCUT2D eigenvalue weighted by Crippen LogP contribution is -2.23. The van der Waals surface area contributed by atoms with Gasteiger partial charge < -0.3 is 5.32 Å². The third kappa shape index (κ3) is 3.43. The zero-order valence-corrected chi connectivity index (χ0v) is 11.2. The van der Waals surface area contributed by atoms with Gasteiger partial charge in [-0.1, -0.05) is 29.3 Å². The summed E-state index contributed by atoms with van der Waals surface area (Å²) in [5.41, 5.74) is 0.983. The van der Waals surface area contributed by atoms with Crippen LogP contribution in [0.15, 0.2) is 36.7 Å². The van der Waals surface area contributed by atoms with Crippen LogP contribution in [-0.4, -0.2) is 10.9 Å². The van der Waals surface area contributed by atoms with E-state index in [0.29, 0.717) is 10.6 Å². The number of hydrogen-bond acceptors (Lipinski definition) is 2. The van der Waals surface area contributed by atoms with E-state index in [0.717, 1.165) is 0 Å². The molecule has 1 heterocycles. The van der Waals surface area contributed by atoms with Gasteiger partial charge in [-0.3, -0.25) is 9.78 Å². The minimum absolute atomic E-state index is 0.0196. The van der Waals surface area contributed by atoms with Crippen LogP contribution in [0.5, 0.6) is 0 Å². The van der Waals surface area contributed by atoms with Crippen LogP contribution in [0.3, 0.4) is 0 Å². The molecule has 0 unspecified atom stereocenters. The van der Waals surface area contributed by atoms with Gasteiger partial charge in [0.25, 0.3) is 5.91 Å². The van der Waals surface area contributed by atoms with Crippen LogP contribution in [0.2, 0.25) is 10.0 Å². The van der Waals surface area contributed by atoms with E-state index in [1.165, 1.54) is 30.6 Å². The average molecular weight is 299 g/mol. The smallest absolute Gasteiger partial charge is 0.254 e. The normalized spacial score (nSPS) is 10.3. The molecule has 1 aromatic heterocycles. The first kappa shape index (κ1) is 13.8. The van der Waals surface area contributed by atoms with Crippen LogP contribution >= 0.6 is 23.2 Å². The van der Waals surface area contributed by atoms with Gasteiger partial charge >= 0.3 is 0 Å². The fraction of sp³-hybridized carbons (Fsp3) is 0.0769. The van der Waals surface area contributed by atoms with Crippen LogP contribution in [-0.2, 0) is 6.54 Å². The Labute approximate surface area is 119 Å². The van der Waals surface area contributed by atoms with Crippen molar-refractivity contribution in [2.45, 2.75) is 6.54 Å². The van der Waals surface area contributed by atoms with E-state index in [9.17, 15) is 9.18 Å². The molecule has 1 N–H and O–H groups in total. The lowest BCUT2D eigenvalue weighted by Gasteiger charge is -2.07. The molecule has 0 aliphatic heterocycles. The molecule has 0 aliphatic carbocycles. The molecule has 19 heavy (non-hydrogen) atoms. The molecule has 2 aromatic rings. The Morgan fingerprint density at radius 1 is 1.26 bits per heavy atom. The van der Waals surface area contributed by atoms with Crippen LogP contribution < -0.4 is 5.32 Å². The highest BCUT2D eigenvalue weighted by Crippen LogP contribution is 2.16. The standard InChI is InChI=1S/C13H9Cl2FN2O/c14-10-3-4-17-7-9(10)13(19)18-6-8-1-2-12(16)11(15)5-8/h1-5,7H,6H2,(H,18,19). The van der Waals surface area contributed by atoms with E-state index in [2.05, 4.69) is 10.3 Å². The number of amides is 1. The maximum atomic E-state index is 13.0. The van der Waals surface area contributed by atoms with Crippen molar-refractivity contribution >= 4 is 29.1 Å². The highest BCUT2D eigenvalue weighted by molar-refractivity contribution is 6.33. The molecule has 0 atom stereocenters. The first-order valence-corrected chi connectivity index (χ1v) is 6.15. The molecular formula is C13H9Cl2FN2O. The summed E-state index contributed by atoms with van der Waals surface area (Å²) in [5.74, 6) is -0.842. The second kappa shape index (κ2) is 5.99. The maximum Gasteiger partial charge on any atom is 0.254 e. The second-order valence-corrected chi connectivity index (χ2v) is 4.60. The maximum absolute atomic E-state index is 13.0. The molecule has 0 fully saturated rings. The van der Waals surface area contributed by atoms with Crippen molar-refractivity contribution in [3.05, 3.63) is 63.6 Å². The van der Waals surface area contributed by atoms with E-state index in [-0.39, 0.29) is 23.0 Å². The van der Waals surface area contributed by atoms with E-state index < -0.39 is 5.82 Å². The lowest BCUT2D eigenvalue weighted by atomic mass is 10.2. The van der Waals surface area contributed by atoms with Crippen molar-refractivity contribution in [2.75, 3.05) is 0 Å². The van der Waals surface area contributed by atoms with Gasteiger partial charge in [-0.25, -0.2) is 4.39 Å². The van der Waals surface area contributed by atoms with Crippen molar-refractivity contribution in [2.24, 2.45) is 0 Å². The van der Waals surface area contributed by atoms with Gasteiger partial charge in [0.2, 0.25) is 0 Å². The lowest BCUT2D eigenvalue weighted by molar-refractivity contribution is 0.0950. The number of nitrogens with zero attached hydrogens (tertiary/aromatic N) is 1. The largest absolute Gasteiger partial charge is 0.348 e. The van der Waals surface area contributed by atoms with Gasteiger partial charge in [-0.2, -0.15) is 0 Å². The summed E-state index contributed by atoms with van der Waals surface area (Å²) in [7, 11) is 0. The number of hydrogen-bond donors (Lipinski definition) is 1. The van der Waals surface area contributed by atoms with Crippen LogP contribution in [0.1, 0.15) is 15.9 Å². The van der Waals surface area contributed by atoms with E-state index in [1.807, 2.05) is 0 Å². The van der Waals surface area contributed by atoms with Crippen LogP contribution in [0, 0.1) is 5.82 Å². The summed E-state index contributed by atoms with van der Waals surface area (Å²) in [5, 5.41) is 3.00. The number of aromatic nitrogens is 1. The summed E-state index contributed by atoms with van der Waals surface area (Å²) < 4.78 is 13.0. The molecule has 2 rings (SSSR count). The highest BCUT2D eigenvalue weighted by atomic mass is 35.5. The fourth-order valence-corrected chi connectivity index (χ4v) is 1.87. The monoisotopic (exact) mass is 298 g/mol. The summed E-state index contributed by atoms with van der Waals surface area (Å²) in [4.78, 5) is 15.7. The number of benzene rings is 1. The average Bonchev–Trinajstić information content (AvgIpc) is 2.40. The Balaban J connectivity index is 2.04. The molecule has 6 heteroatoms. The summed E-state index contributed by atoms with van der Waals surface area (Å²) in [6.45, 7) is 0.226. The first-order chi connectivity index (χ1) is 9.08. The molecule has 0 aliphatic rings. The third-order valence-electron chi connectivity index (χ3n) is 2.45. The molecule has 1 amide bonds. The highest BCUT2D eigenvalue weighted by Gasteiger charge is 2.10. The Bertz CT molecular complexity index is 619. The minimum atomic E-state index is -0.493. The van der Waals surface area contributed by atoms with Gasteiger partial charge in [0.15, 0.2) is 0 Å². The molecular weight excluding hydrogens is 290 g/mol. The van der Waals surface area contributed by atoms with Gasteiger partial charge in [-0.15, -0.1) is 0 Å². The molecule has 0 bridgehead atoms. The Kier molecular flexibility index (Phi) is 4.35. The Hall–Kier alpha value is -1.65. The topological polar surface area (TPSA) is 42.0 Å². The molecule has 0 saturated heterocycles. The van der Waals surface area contributed by atoms with Crippen molar-refractivity contribution in [1.82, 2.24) is 10.3 Å². The van der Waals surface area contributed by atoms with Gasteiger partial charge in [0.05, 0.1) is 15.6 Å². The second-order valence-electron chi connectivity index (χ2n) is 3.79. The predicted octanol–water partition coefficient (Wildman–Crippen LogP) is 3.46. The van der Waals surface area contributed by atoms with E-state index in [1.54, 1.807) is 6.07 Å². The molecule has 1 aromatic carbocycles. The zero-order valence-electron chi connectivity index (χ0n) is 9.66. The number of halogens is 3. The first-order valence-electron chi connectivity index (χ1n) is 5.39. The van der Waals surface area contributed by atoms with Crippen LogP contribution in [0.4, 0.5) is 4.39 Å². The Morgan fingerprint density at radius 3 is 2.74 bits per heavy atom. The number of carbonyl (C=O) groups is 1. The zero-order chi connectivity index (χ0) is 13.8.